The molecule has 0 unspecified atom stereocenters. The SMILES string of the molecule is N#CCOc1ccc(-c2[c-]cc(Br)c(=O)n2CC(F)F)cc1.[Y]. The summed E-state index contributed by atoms with van der Waals surface area (Å²) in [7, 11) is 0. The van der Waals surface area contributed by atoms with E-state index in [-0.39, 0.29) is 49.5 Å². The van der Waals surface area contributed by atoms with Gasteiger partial charge < -0.3 is 9.30 Å². The number of ether oxygens (including phenoxy) is 1. The Bertz CT molecular complexity index is 758. The molecule has 0 bridgehead atoms. The number of hydrogen-bond donors (Lipinski definition) is 0. The molecule has 0 aliphatic heterocycles. The van der Waals surface area contributed by atoms with E-state index in [9.17, 15) is 13.6 Å². The van der Waals surface area contributed by atoms with Crippen molar-refractivity contribution in [3.8, 4) is 23.1 Å². The fourth-order valence-corrected chi connectivity index (χ4v) is 2.21. The zero-order valence-corrected chi connectivity index (χ0v) is 16.2. The third-order valence-corrected chi connectivity index (χ3v) is 3.37. The summed E-state index contributed by atoms with van der Waals surface area (Å²) in [4.78, 5) is 12.0. The van der Waals surface area contributed by atoms with Gasteiger partial charge in [0.15, 0.2) is 6.61 Å². The quantitative estimate of drug-likeness (QED) is 0.649. The van der Waals surface area contributed by atoms with Gasteiger partial charge in [-0.1, -0.05) is 11.3 Å². The molecule has 0 fully saturated rings. The van der Waals surface area contributed by atoms with Crippen LogP contribution in [0.5, 0.6) is 5.75 Å². The first-order valence-electron chi connectivity index (χ1n) is 6.22. The average molecular weight is 457 g/mol. The predicted molar refractivity (Wildman–Crippen MR) is 79.8 cm³/mol. The first-order valence-corrected chi connectivity index (χ1v) is 7.01. The molecule has 0 amide bonds. The summed E-state index contributed by atoms with van der Waals surface area (Å²) in [6.07, 6.45) is -2.66. The minimum Gasteiger partial charge on any atom is -0.479 e. The van der Waals surface area contributed by atoms with Crippen LogP contribution in [0.4, 0.5) is 8.78 Å². The molecule has 1 aromatic heterocycles. The summed E-state index contributed by atoms with van der Waals surface area (Å²) >= 11 is 3.02. The first-order chi connectivity index (χ1) is 10.5. The number of alkyl halides is 2. The molecule has 4 nitrogen and oxygen atoms in total. The van der Waals surface area contributed by atoms with Crippen LogP contribution in [0, 0.1) is 17.4 Å². The third kappa shape index (κ3) is 5.20. The summed E-state index contributed by atoms with van der Waals surface area (Å²) < 4.78 is 31.6. The molecule has 23 heavy (non-hydrogen) atoms. The normalized spacial score (nSPS) is 10.0. The van der Waals surface area contributed by atoms with Crippen LogP contribution >= 0.6 is 15.9 Å². The van der Waals surface area contributed by atoms with E-state index >= 15 is 0 Å². The molecule has 0 spiro atoms. The number of benzene rings is 1. The van der Waals surface area contributed by atoms with Crippen LogP contribution in [-0.2, 0) is 39.3 Å². The van der Waals surface area contributed by atoms with Crippen molar-refractivity contribution in [2.24, 2.45) is 0 Å². The van der Waals surface area contributed by atoms with Crippen molar-refractivity contribution in [3.63, 3.8) is 0 Å². The van der Waals surface area contributed by atoms with Crippen LogP contribution in [0.1, 0.15) is 0 Å². The number of hydrogen-bond acceptors (Lipinski definition) is 3. The Morgan fingerprint density at radius 3 is 2.57 bits per heavy atom. The maximum absolute atomic E-state index is 12.7. The van der Waals surface area contributed by atoms with Crippen molar-refractivity contribution in [3.05, 3.63) is 51.2 Å². The summed E-state index contributed by atoms with van der Waals surface area (Å²) in [5.41, 5.74) is 0.272. The van der Waals surface area contributed by atoms with E-state index in [0.29, 0.717) is 11.3 Å². The van der Waals surface area contributed by atoms with Crippen molar-refractivity contribution < 1.29 is 46.2 Å². The van der Waals surface area contributed by atoms with E-state index in [0.717, 1.165) is 4.57 Å². The fraction of sp³-hybridized carbons (Fsp3) is 0.200. The second-order valence-electron chi connectivity index (χ2n) is 4.26. The average Bonchev–Trinajstić information content (AvgIpc) is 2.50. The molecular formula is C15H10BrF2N2O2Y-. The molecule has 1 heterocycles. The zero-order valence-electron chi connectivity index (χ0n) is 11.8. The van der Waals surface area contributed by atoms with Gasteiger partial charge in [0, 0.05) is 32.7 Å². The molecule has 1 aromatic carbocycles. The number of nitrogens with zero attached hydrogens (tertiary/aromatic N) is 2. The van der Waals surface area contributed by atoms with Crippen molar-refractivity contribution in [2.45, 2.75) is 13.0 Å². The summed E-state index contributed by atoms with van der Waals surface area (Å²) in [5, 5.41) is 8.44. The van der Waals surface area contributed by atoms with Crippen LogP contribution in [0.15, 0.2) is 39.6 Å². The van der Waals surface area contributed by atoms with Gasteiger partial charge in [-0.3, -0.25) is 4.79 Å². The van der Waals surface area contributed by atoms with Gasteiger partial charge in [-0.2, -0.15) is 17.4 Å². The molecule has 0 N–H and O–H groups in total. The Kier molecular flexibility index (Phi) is 8.03. The molecule has 8 heteroatoms. The monoisotopic (exact) mass is 456 g/mol. The molecule has 0 aliphatic carbocycles. The van der Waals surface area contributed by atoms with Crippen LogP contribution in [0.3, 0.4) is 0 Å². The topological polar surface area (TPSA) is 55.0 Å². The first kappa shape index (κ1) is 19.9. The van der Waals surface area contributed by atoms with E-state index < -0.39 is 18.5 Å². The number of aromatic nitrogens is 1. The molecule has 0 saturated heterocycles. The molecule has 1 radical (unpaired) electrons. The summed E-state index contributed by atoms with van der Waals surface area (Å²) in [6.45, 7) is -0.795. The largest absolute Gasteiger partial charge is 0.479 e. The van der Waals surface area contributed by atoms with Crippen molar-refractivity contribution in [1.29, 1.82) is 5.26 Å². The van der Waals surface area contributed by atoms with E-state index in [1.165, 1.54) is 6.07 Å². The van der Waals surface area contributed by atoms with E-state index in [1.807, 2.05) is 6.07 Å². The molecular weight excluding hydrogens is 447 g/mol. The van der Waals surface area contributed by atoms with Gasteiger partial charge >= 0.3 is 0 Å². The second-order valence-corrected chi connectivity index (χ2v) is 5.12. The Morgan fingerprint density at radius 1 is 1.35 bits per heavy atom. The van der Waals surface area contributed by atoms with E-state index in [2.05, 4.69) is 22.0 Å². The van der Waals surface area contributed by atoms with Crippen LogP contribution in [0.2, 0.25) is 0 Å². The van der Waals surface area contributed by atoms with Crippen LogP contribution < -0.4 is 10.3 Å². The van der Waals surface area contributed by atoms with Gasteiger partial charge in [-0.25, -0.2) is 8.78 Å². The Morgan fingerprint density at radius 2 is 2.00 bits per heavy atom. The molecule has 0 atom stereocenters. The Balaban J connectivity index is 0.00000264. The van der Waals surface area contributed by atoms with Gasteiger partial charge in [-0.15, -0.1) is 28.1 Å². The standard InChI is InChI=1S/C15H10BrF2N2O2.Y/c16-12-5-6-13(20(15(12)21)9-14(17)18)10-1-3-11(4-2-10)22-8-7-19;/h1-5,14H,8-9H2;/q-1;. The van der Waals surface area contributed by atoms with Gasteiger partial charge in [0.25, 0.3) is 6.43 Å². The maximum atomic E-state index is 12.7. The van der Waals surface area contributed by atoms with E-state index in [4.69, 9.17) is 10.00 Å². The number of halogens is 3. The van der Waals surface area contributed by atoms with Crippen LogP contribution in [-0.4, -0.2) is 17.6 Å². The van der Waals surface area contributed by atoms with Gasteiger partial charge in [0.1, 0.15) is 11.8 Å². The van der Waals surface area contributed by atoms with Crippen LogP contribution in [0.25, 0.3) is 11.3 Å². The van der Waals surface area contributed by atoms with Crippen molar-refractivity contribution in [1.82, 2.24) is 4.57 Å². The number of nitriles is 1. The second kappa shape index (κ2) is 9.26. The fourth-order valence-electron chi connectivity index (χ4n) is 1.88. The molecule has 117 valence electrons. The van der Waals surface area contributed by atoms with Gasteiger partial charge in [0.05, 0.1) is 6.54 Å². The number of rotatable bonds is 5. The molecule has 2 rings (SSSR count). The Labute approximate surface area is 165 Å². The molecule has 0 aliphatic rings. The minimum atomic E-state index is -2.66. The van der Waals surface area contributed by atoms with E-state index in [1.54, 1.807) is 24.3 Å². The molecule has 2 aromatic rings. The van der Waals surface area contributed by atoms with Gasteiger partial charge in [-0.05, 0) is 16.6 Å². The number of pyridine rings is 1. The third-order valence-electron chi connectivity index (χ3n) is 2.81. The minimum absolute atomic E-state index is 0. The zero-order chi connectivity index (χ0) is 16.1. The maximum Gasteiger partial charge on any atom is 0.256 e. The predicted octanol–water partition coefficient (Wildman–Crippen LogP) is 3.24. The van der Waals surface area contributed by atoms with Gasteiger partial charge in [0.2, 0.25) is 5.56 Å². The van der Waals surface area contributed by atoms with Crippen molar-refractivity contribution in [2.75, 3.05) is 6.61 Å². The smallest absolute Gasteiger partial charge is 0.256 e. The summed E-state index contributed by atoms with van der Waals surface area (Å²) in [6, 6.07) is 12.5. The Hall–Kier alpha value is -1.10. The molecule has 0 saturated carbocycles. The summed E-state index contributed by atoms with van der Waals surface area (Å²) in [5.74, 6) is 0.477. The van der Waals surface area contributed by atoms with Crippen molar-refractivity contribution >= 4 is 15.9 Å².